The molecule has 0 aliphatic carbocycles. The molecular formula is C13H17ClF3NO. The normalized spacial score (nSPS) is 13.5. The first-order valence-electron chi connectivity index (χ1n) is 6.01. The van der Waals surface area contributed by atoms with Gasteiger partial charge in [-0.15, -0.1) is 0 Å². The first-order chi connectivity index (χ1) is 8.94. The second-order valence-corrected chi connectivity index (χ2v) is 4.56. The molecule has 0 saturated carbocycles. The highest BCUT2D eigenvalue weighted by molar-refractivity contribution is 6.31. The molecule has 1 aromatic rings. The molecule has 0 aliphatic rings. The van der Waals surface area contributed by atoms with E-state index in [4.69, 9.17) is 16.3 Å². The van der Waals surface area contributed by atoms with Crippen molar-refractivity contribution < 1.29 is 17.9 Å². The number of hydrogen-bond acceptors (Lipinski definition) is 2. The maximum absolute atomic E-state index is 12.0. The van der Waals surface area contributed by atoms with Crippen LogP contribution >= 0.6 is 11.6 Å². The van der Waals surface area contributed by atoms with Crippen molar-refractivity contribution in [2.45, 2.75) is 25.1 Å². The summed E-state index contributed by atoms with van der Waals surface area (Å²) >= 11 is 6.05. The van der Waals surface area contributed by atoms with E-state index in [2.05, 4.69) is 5.32 Å². The monoisotopic (exact) mass is 295 g/mol. The van der Waals surface area contributed by atoms with E-state index in [-0.39, 0.29) is 19.1 Å². The molecule has 0 aromatic heterocycles. The SMILES string of the molecule is CNCC(OCCCC(F)(F)F)c1ccccc1Cl. The standard InChI is InChI=1S/C13H17ClF3NO/c1-18-9-12(10-5-2-3-6-11(10)14)19-8-4-7-13(15,16)17/h2-3,5-6,12,18H,4,7-9H2,1H3. The maximum atomic E-state index is 12.0. The molecule has 0 amide bonds. The fourth-order valence-corrected chi connectivity index (χ4v) is 1.94. The molecule has 0 radical (unpaired) electrons. The third-order valence-electron chi connectivity index (χ3n) is 2.57. The third-order valence-corrected chi connectivity index (χ3v) is 2.91. The number of halogens is 4. The molecule has 0 fully saturated rings. The molecule has 2 nitrogen and oxygen atoms in total. The molecule has 19 heavy (non-hydrogen) atoms. The van der Waals surface area contributed by atoms with Crippen LogP contribution in [0.25, 0.3) is 0 Å². The minimum absolute atomic E-state index is 0.0475. The number of benzene rings is 1. The van der Waals surface area contributed by atoms with Crippen LogP contribution in [0.5, 0.6) is 0 Å². The van der Waals surface area contributed by atoms with Crippen LogP contribution in [0.1, 0.15) is 24.5 Å². The Labute approximate surface area is 115 Å². The van der Waals surface area contributed by atoms with Gasteiger partial charge in [0.15, 0.2) is 0 Å². The summed E-state index contributed by atoms with van der Waals surface area (Å²) in [4.78, 5) is 0. The van der Waals surface area contributed by atoms with Gasteiger partial charge in [0.2, 0.25) is 0 Å². The lowest BCUT2D eigenvalue weighted by Gasteiger charge is -2.19. The molecular weight excluding hydrogens is 279 g/mol. The molecule has 1 unspecified atom stereocenters. The van der Waals surface area contributed by atoms with Gasteiger partial charge in [-0.3, -0.25) is 0 Å². The molecule has 0 saturated heterocycles. The van der Waals surface area contributed by atoms with Crippen molar-refractivity contribution in [3.63, 3.8) is 0 Å². The van der Waals surface area contributed by atoms with Crippen LogP contribution in [-0.4, -0.2) is 26.4 Å². The largest absolute Gasteiger partial charge is 0.389 e. The topological polar surface area (TPSA) is 21.3 Å². The van der Waals surface area contributed by atoms with Crippen molar-refractivity contribution in [3.05, 3.63) is 34.9 Å². The summed E-state index contributed by atoms with van der Waals surface area (Å²) in [6, 6.07) is 7.17. The Bertz CT molecular complexity index is 384. The summed E-state index contributed by atoms with van der Waals surface area (Å²) in [6.45, 7) is 0.548. The van der Waals surface area contributed by atoms with Crippen molar-refractivity contribution in [2.75, 3.05) is 20.2 Å². The van der Waals surface area contributed by atoms with Crippen LogP contribution in [-0.2, 0) is 4.74 Å². The second-order valence-electron chi connectivity index (χ2n) is 4.16. The van der Waals surface area contributed by atoms with Gasteiger partial charge in [0.25, 0.3) is 0 Å². The quantitative estimate of drug-likeness (QED) is 0.769. The number of ether oxygens (including phenoxy) is 1. The van der Waals surface area contributed by atoms with Gasteiger partial charge in [-0.1, -0.05) is 29.8 Å². The van der Waals surface area contributed by atoms with E-state index in [1.165, 1.54) is 0 Å². The van der Waals surface area contributed by atoms with Gasteiger partial charge < -0.3 is 10.1 Å². The Morgan fingerprint density at radius 1 is 1.32 bits per heavy atom. The predicted molar refractivity (Wildman–Crippen MR) is 69.4 cm³/mol. The predicted octanol–water partition coefficient (Wildman–Crippen LogP) is 3.96. The van der Waals surface area contributed by atoms with Crippen LogP contribution in [0.3, 0.4) is 0 Å². The number of rotatable bonds is 7. The molecule has 0 aliphatic heterocycles. The first-order valence-corrected chi connectivity index (χ1v) is 6.39. The third kappa shape index (κ3) is 6.27. The van der Waals surface area contributed by atoms with Crippen LogP contribution < -0.4 is 5.32 Å². The van der Waals surface area contributed by atoms with E-state index in [1.54, 1.807) is 19.2 Å². The van der Waals surface area contributed by atoms with Gasteiger partial charge in [0, 0.05) is 30.2 Å². The molecule has 0 spiro atoms. The van der Waals surface area contributed by atoms with Crippen LogP contribution in [0.15, 0.2) is 24.3 Å². The Hall–Kier alpha value is -0.780. The number of likely N-dealkylation sites (N-methyl/N-ethyl adjacent to an activating group) is 1. The lowest BCUT2D eigenvalue weighted by Crippen LogP contribution is -2.21. The average Bonchev–Trinajstić information content (AvgIpc) is 2.33. The van der Waals surface area contributed by atoms with Gasteiger partial charge in [-0.2, -0.15) is 13.2 Å². The average molecular weight is 296 g/mol. The zero-order chi connectivity index (χ0) is 14.3. The lowest BCUT2D eigenvalue weighted by atomic mass is 10.1. The van der Waals surface area contributed by atoms with E-state index in [9.17, 15) is 13.2 Å². The maximum Gasteiger partial charge on any atom is 0.389 e. The molecule has 6 heteroatoms. The summed E-state index contributed by atoms with van der Waals surface area (Å²) in [5.74, 6) is 0. The van der Waals surface area contributed by atoms with E-state index >= 15 is 0 Å². The minimum Gasteiger partial charge on any atom is -0.372 e. The van der Waals surface area contributed by atoms with E-state index in [0.29, 0.717) is 11.6 Å². The number of alkyl halides is 3. The summed E-state index contributed by atoms with van der Waals surface area (Å²) in [6.07, 6.45) is -5.35. The molecule has 1 N–H and O–H groups in total. The van der Waals surface area contributed by atoms with Crippen molar-refractivity contribution in [3.8, 4) is 0 Å². The lowest BCUT2D eigenvalue weighted by molar-refractivity contribution is -0.138. The Kier molecular flexibility index (Phi) is 6.62. The second kappa shape index (κ2) is 7.72. The molecule has 0 heterocycles. The van der Waals surface area contributed by atoms with Crippen molar-refractivity contribution >= 4 is 11.6 Å². The molecule has 108 valence electrons. The fraction of sp³-hybridized carbons (Fsp3) is 0.538. The van der Waals surface area contributed by atoms with Gasteiger partial charge in [0.05, 0.1) is 6.10 Å². The Morgan fingerprint density at radius 2 is 2.00 bits per heavy atom. The van der Waals surface area contributed by atoms with E-state index < -0.39 is 12.6 Å². The Balaban J connectivity index is 2.52. The van der Waals surface area contributed by atoms with Gasteiger partial charge in [-0.05, 0) is 19.5 Å². The zero-order valence-electron chi connectivity index (χ0n) is 10.6. The van der Waals surface area contributed by atoms with E-state index in [0.717, 1.165) is 5.56 Å². The van der Waals surface area contributed by atoms with Crippen molar-refractivity contribution in [1.29, 1.82) is 0 Å². The molecule has 1 atom stereocenters. The van der Waals surface area contributed by atoms with Gasteiger partial charge in [-0.25, -0.2) is 0 Å². The first kappa shape index (κ1) is 16.3. The molecule has 1 aromatic carbocycles. The Morgan fingerprint density at radius 3 is 2.58 bits per heavy atom. The number of nitrogens with one attached hydrogen (secondary N) is 1. The molecule has 0 bridgehead atoms. The van der Waals surface area contributed by atoms with Gasteiger partial charge >= 0.3 is 6.18 Å². The minimum atomic E-state index is -4.13. The van der Waals surface area contributed by atoms with E-state index in [1.807, 2.05) is 12.1 Å². The molecule has 1 rings (SSSR count). The number of hydrogen-bond donors (Lipinski definition) is 1. The summed E-state index contributed by atoms with van der Waals surface area (Å²) in [7, 11) is 1.75. The van der Waals surface area contributed by atoms with Gasteiger partial charge in [0.1, 0.15) is 0 Å². The summed E-state index contributed by atoms with van der Waals surface area (Å²) in [5.41, 5.74) is 0.783. The highest BCUT2D eigenvalue weighted by atomic mass is 35.5. The van der Waals surface area contributed by atoms with Crippen LogP contribution in [0.2, 0.25) is 5.02 Å². The van der Waals surface area contributed by atoms with Crippen LogP contribution in [0.4, 0.5) is 13.2 Å². The highest BCUT2D eigenvalue weighted by Gasteiger charge is 2.26. The zero-order valence-corrected chi connectivity index (χ0v) is 11.4. The van der Waals surface area contributed by atoms with Crippen molar-refractivity contribution in [2.24, 2.45) is 0 Å². The summed E-state index contributed by atoms with van der Waals surface area (Å²) < 4.78 is 41.6. The summed E-state index contributed by atoms with van der Waals surface area (Å²) in [5, 5.41) is 3.50. The van der Waals surface area contributed by atoms with Crippen molar-refractivity contribution in [1.82, 2.24) is 5.32 Å². The smallest absolute Gasteiger partial charge is 0.372 e. The fourth-order valence-electron chi connectivity index (χ4n) is 1.68. The van der Waals surface area contributed by atoms with Crippen LogP contribution in [0, 0.1) is 0 Å². The highest BCUT2D eigenvalue weighted by Crippen LogP contribution is 2.26.